The number of nitrogens with one attached hydrogen (secondary N) is 1. The summed E-state index contributed by atoms with van der Waals surface area (Å²) in [5.74, 6) is 1.79. The molecule has 4 nitrogen and oxygen atoms in total. The van der Waals surface area contributed by atoms with Gasteiger partial charge in [0.15, 0.2) is 0 Å². The lowest BCUT2D eigenvalue weighted by atomic mass is 9.98. The van der Waals surface area contributed by atoms with Crippen LogP contribution in [0.3, 0.4) is 0 Å². The Morgan fingerprint density at radius 3 is 2.84 bits per heavy atom. The normalized spacial score (nSPS) is 30.3. The molecule has 0 radical (unpaired) electrons. The zero-order valence-corrected chi connectivity index (χ0v) is 11.8. The lowest BCUT2D eigenvalue weighted by Gasteiger charge is -2.12. The molecule has 1 N–H and O–H groups in total. The fourth-order valence-electron chi connectivity index (χ4n) is 2.95. The van der Waals surface area contributed by atoms with Gasteiger partial charge in [0, 0.05) is 12.1 Å². The van der Waals surface area contributed by atoms with Crippen LogP contribution in [0.4, 0.5) is 0 Å². The molecule has 1 saturated carbocycles. The summed E-state index contributed by atoms with van der Waals surface area (Å²) in [6.07, 6.45) is 3.73. The SMILES string of the molecule is CC1CCCC1CN=C1NS(=O)(=O)c2ccccc21. The van der Waals surface area contributed by atoms with E-state index < -0.39 is 10.0 Å². The van der Waals surface area contributed by atoms with Crippen LogP contribution in [0, 0.1) is 11.8 Å². The molecule has 0 amide bonds. The molecular formula is C14H18N2O2S. The van der Waals surface area contributed by atoms with E-state index in [2.05, 4.69) is 16.6 Å². The van der Waals surface area contributed by atoms with Crippen LogP contribution in [-0.4, -0.2) is 20.8 Å². The molecule has 1 heterocycles. The van der Waals surface area contributed by atoms with Gasteiger partial charge in [-0.1, -0.05) is 31.9 Å². The van der Waals surface area contributed by atoms with E-state index in [1.54, 1.807) is 12.1 Å². The van der Waals surface area contributed by atoms with Crippen molar-refractivity contribution in [1.82, 2.24) is 4.72 Å². The second kappa shape index (κ2) is 4.63. The number of nitrogens with zero attached hydrogens (tertiary/aromatic N) is 1. The van der Waals surface area contributed by atoms with Crippen molar-refractivity contribution < 1.29 is 8.42 Å². The number of benzene rings is 1. The van der Waals surface area contributed by atoms with Gasteiger partial charge in [0.25, 0.3) is 10.0 Å². The maximum absolute atomic E-state index is 11.9. The highest BCUT2D eigenvalue weighted by atomic mass is 32.2. The Balaban J connectivity index is 1.87. The van der Waals surface area contributed by atoms with E-state index in [-0.39, 0.29) is 0 Å². The van der Waals surface area contributed by atoms with Crippen molar-refractivity contribution in [3.8, 4) is 0 Å². The van der Waals surface area contributed by atoms with E-state index in [4.69, 9.17) is 0 Å². The minimum atomic E-state index is -3.39. The molecule has 0 aromatic heterocycles. The largest absolute Gasteiger partial charge is 0.267 e. The number of hydrogen-bond donors (Lipinski definition) is 1. The number of fused-ring (bicyclic) bond motifs is 1. The van der Waals surface area contributed by atoms with E-state index >= 15 is 0 Å². The Morgan fingerprint density at radius 1 is 1.32 bits per heavy atom. The maximum atomic E-state index is 11.9. The number of amidine groups is 1. The Morgan fingerprint density at radius 2 is 2.11 bits per heavy atom. The summed E-state index contributed by atoms with van der Waals surface area (Å²) < 4.78 is 26.4. The Hall–Kier alpha value is -1.36. The molecule has 2 atom stereocenters. The topological polar surface area (TPSA) is 58.5 Å². The number of aliphatic imine (C=N–C) groups is 1. The van der Waals surface area contributed by atoms with Gasteiger partial charge >= 0.3 is 0 Å². The smallest absolute Gasteiger partial charge is 0.263 e. The predicted molar refractivity (Wildman–Crippen MR) is 74.7 cm³/mol. The molecule has 19 heavy (non-hydrogen) atoms. The fourth-order valence-corrected chi connectivity index (χ4v) is 4.20. The molecule has 5 heteroatoms. The van der Waals surface area contributed by atoms with E-state index in [0.29, 0.717) is 34.7 Å². The van der Waals surface area contributed by atoms with Gasteiger partial charge in [0.05, 0.1) is 4.90 Å². The van der Waals surface area contributed by atoms with Gasteiger partial charge in [-0.3, -0.25) is 9.71 Å². The number of rotatable bonds is 2. The van der Waals surface area contributed by atoms with E-state index in [1.165, 1.54) is 19.3 Å². The minimum absolute atomic E-state index is 0.341. The summed E-state index contributed by atoms with van der Waals surface area (Å²) in [6, 6.07) is 7.01. The van der Waals surface area contributed by atoms with Crippen molar-refractivity contribution in [3.05, 3.63) is 29.8 Å². The Kier molecular flexibility index (Phi) is 3.09. The first-order valence-corrected chi connectivity index (χ1v) is 8.23. The van der Waals surface area contributed by atoms with Gasteiger partial charge in [0.1, 0.15) is 5.84 Å². The fraction of sp³-hybridized carbons (Fsp3) is 0.500. The highest BCUT2D eigenvalue weighted by Crippen LogP contribution is 2.31. The van der Waals surface area contributed by atoms with Gasteiger partial charge in [-0.15, -0.1) is 0 Å². The van der Waals surface area contributed by atoms with Crippen molar-refractivity contribution in [2.75, 3.05) is 6.54 Å². The molecule has 1 aliphatic carbocycles. The second-order valence-electron chi connectivity index (χ2n) is 5.46. The molecule has 3 rings (SSSR count). The first kappa shape index (κ1) is 12.7. The van der Waals surface area contributed by atoms with Crippen molar-refractivity contribution in [2.24, 2.45) is 16.8 Å². The number of hydrogen-bond acceptors (Lipinski definition) is 3. The van der Waals surface area contributed by atoms with Crippen molar-refractivity contribution in [3.63, 3.8) is 0 Å². The quantitative estimate of drug-likeness (QED) is 0.901. The summed E-state index contributed by atoms with van der Waals surface area (Å²) >= 11 is 0. The van der Waals surface area contributed by atoms with Gasteiger partial charge in [-0.05, 0) is 30.4 Å². The third-order valence-corrected chi connectivity index (χ3v) is 5.58. The van der Waals surface area contributed by atoms with E-state index in [1.807, 2.05) is 12.1 Å². The van der Waals surface area contributed by atoms with Crippen LogP contribution in [0.1, 0.15) is 31.7 Å². The molecule has 1 aromatic rings. The zero-order valence-electron chi connectivity index (χ0n) is 11.0. The monoisotopic (exact) mass is 278 g/mol. The summed E-state index contributed by atoms with van der Waals surface area (Å²) in [5.41, 5.74) is 0.702. The Labute approximate surface area is 114 Å². The van der Waals surface area contributed by atoms with Gasteiger partial charge < -0.3 is 0 Å². The maximum Gasteiger partial charge on any atom is 0.263 e. The van der Waals surface area contributed by atoms with Crippen molar-refractivity contribution in [2.45, 2.75) is 31.1 Å². The van der Waals surface area contributed by atoms with Crippen LogP contribution in [-0.2, 0) is 10.0 Å². The van der Waals surface area contributed by atoms with Gasteiger partial charge in [0.2, 0.25) is 0 Å². The molecule has 2 unspecified atom stereocenters. The molecule has 102 valence electrons. The highest BCUT2D eigenvalue weighted by molar-refractivity contribution is 7.90. The first-order valence-electron chi connectivity index (χ1n) is 6.74. The van der Waals surface area contributed by atoms with Crippen LogP contribution in [0.15, 0.2) is 34.2 Å². The second-order valence-corrected chi connectivity index (χ2v) is 7.11. The molecule has 1 aromatic carbocycles. The van der Waals surface area contributed by atoms with Crippen molar-refractivity contribution in [1.29, 1.82) is 0 Å². The van der Waals surface area contributed by atoms with E-state index in [0.717, 1.165) is 0 Å². The Bertz CT molecular complexity index is 622. The van der Waals surface area contributed by atoms with Gasteiger partial charge in [-0.25, -0.2) is 8.42 Å². The third kappa shape index (κ3) is 2.27. The lowest BCUT2D eigenvalue weighted by Crippen LogP contribution is -2.23. The van der Waals surface area contributed by atoms with Crippen molar-refractivity contribution >= 4 is 15.9 Å². The lowest BCUT2D eigenvalue weighted by molar-refractivity contribution is 0.430. The molecular weight excluding hydrogens is 260 g/mol. The standard InChI is InChI=1S/C14H18N2O2S/c1-10-5-4-6-11(10)9-15-14-12-7-2-3-8-13(12)19(17,18)16-14/h2-3,7-8,10-11H,4-6,9H2,1H3,(H,15,16). The predicted octanol–water partition coefficient (Wildman–Crippen LogP) is 2.16. The molecule has 1 aliphatic heterocycles. The van der Waals surface area contributed by atoms with Gasteiger partial charge in [-0.2, -0.15) is 0 Å². The van der Waals surface area contributed by atoms with Crippen LogP contribution in [0.25, 0.3) is 0 Å². The average Bonchev–Trinajstić information content (AvgIpc) is 2.90. The molecule has 0 spiro atoms. The summed E-state index contributed by atoms with van der Waals surface area (Å²) in [5, 5.41) is 0. The zero-order chi connectivity index (χ0) is 13.5. The summed E-state index contributed by atoms with van der Waals surface area (Å²) in [6.45, 7) is 2.97. The van der Waals surface area contributed by atoms with Crippen LogP contribution in [0.2, 0.25) is 0 Å². The minimum Gasteiger partial charge on any atom is -0.267 e. The van der Waals surface area contributed by atoms with Crippen LogP contribution in [0.5, 0.6) is 0 Å². The molecule has 0 saturated heterocycles. The van der Waals surface area contributed by atoms with Crippen LogP contribution < -0.4 is 4.72 Å². The van der Waals surface area contributed by atoms with E-state index in [9.17, 15) is 8.42 Å². The average molecular weight is 278 g/mol. The molecule has 0 bridgehead atoms. The highest BCUT2D eigenvalue weighted by Gasteiger charge is 2.30. The molecule has 1 fully saturated rings. The molecule has 2 aliphatic rings. The third-order valence-electron chi connectivity index (χ3n) is 4.19. The van der Waals surface area contributed by atoms with Crippen LogP contribution >= 0.6 is 0 Å². The summed E-state index contributed by atoms with van der Waals surface area (Å²) in [4.78, 5) is 4.86. The first-order chi connectivity index (χ1) is 9.08. The number of sulfonamides is 1. The summed E-state index contributed by atoms with van der Waals surface area (Å²) in [7, 11) is -3.39.